The molecule has 0 unspecified atom stereocenters. The maximum absolute atomic E-state index is 13.8. The van der Waals surface area contributed by atoms with Crippen molar-refractivity contribution in [3.8, 4) is 0 Å². The number of halogens is 2. The van der Waals surface area contributed by atoms with Gasteiger partial charge in [0, 0.05) is 49.8 Å². The molecule has 0 atom stereocenters. The Morgan fingerprint density at radius 3 is 2.38 bits per heavy atom. The second-order valence-electron chi connectivity index (χ2n) is 13.2. The van der Waals surface area contributed by atoms with Crippen LogP contribution >= 0.6 is 11.6 Å². The zero-order valence-electron chi connectivity index (χ0n) is 25.3. The highest BCUT2D eigenvalue weighted by molar-refractivity contribution is 6.76. The Hall–Kier alpha value is -2.95. The Balaban J connectivity index is 1.50. The van der Waals surface area contributed by atoms with Gasteiger partial charge in [-0.15, -0.1) is 0 Å². The summed E-state index contributed by atoms with van der Waals surface area (Å²) in [5, 5.41) is 5.70. The van der Waals surface area contributed by atoms with Gasteiger partial charge in [-0.05, 0) is 69.5 Å². The summed E-state index contributed by atoms with van der Waals surface area (Å²) in [7, 11) is -1.21. The first-order valence-corrected chi connectivity index (χ1v) is 18.4. The lowest BCUT2D eigenvalue weighted by Crippen LogP contribution is -2.48. The van der Waals surface area contributed by atoms with Crippen LogP contribution in [-0.2, 0) is 26.4 Å². The van der Waals surface area contributed by atoms with Crippen LogP contribution in [0, 0.1) is 5.82 Å². The average Bonchev–Trinajstić information content (AvgIpc) is 3.31. The second kappa shape index (κ2) is 12.7. The van der Waals surface area contributed by atoms with Crippen LogP contribution in [-0.4, -0.2) is 66.7 Å². The molecule has 0 spiro atoms. The summed E-state index contributed by atoms with van der Waals surface area (Å²) in [6.07, 6.45) is 2.45. The van der Waals surface area contributed by atoms with E-state index in [-0.39, 0.29) is 30.8 Å². The molecule has 4 rings (SSSR count). The van der Waals surface area contributed by atoms with Crippen molar-refractivity contribution in [3.63, 3.8) is 0 Å². The van der Waals surface area contributed by atoms with Gasteiger partial charge in [-0.25, -0.2) is 18.7 Å². The van der Waals surface area contributed by atoms with E-state index in [4.69, 9.17) is 25.8 Å². The minimum absolute atomic E-state index is 0.0497. The highest BCUT2D eigenvalue weighted by Crippen LogP contribution is 2.37. The van der Waals surface area contributed by atoms with Gasteiger partial charge >= 0.3 is 12.1 Å². The number of esters is 1. The average molecular weight is 618 g/mol. The van der Waals surface area contributed by atoms with E-state index >= 15 is 0 Å². The number of carbonyl (C=O) groups is 2. The van der Waals surface area contributed by atoms with E-state index in [9.17, 15) is 14.0 Å². The third-order valence-corrected chi connectivity index (χ3v) is 9.29. The van der Waals surface area contributed by atoms with Crippen LogP contribution in [0.1, 0.15) is 49.5 Å². The van der Waals surface area contributed by atoms with E-state index in [0.29, 0.717) is 48.5 Å². The number of nitrogens with zero attached hydrogens (tertiary/aromatic N) is 3. The molecule has 1 amide bonds. The molecular formula is C31H41ClFN3O5Si. The number of rotatable bonds is 9. The van der Waals surface area contributed by atoms with Gasteiger partial charge in [-0.2, -0.15) is 5.10 Å². The van der Waals surface area contributed by atoms with Crippen molar-refractivity contribution in [3.05, 3.63) is 64.6 Å². The fourth-order valence-electron chi connectivity index (χ4n) is 4.95. The highest BCUT2D eigenvalue weighted by Gasteiger charge is 2.40. The third-order valence-electron chi connectivity index (χ3n) is 7.37. The molecule has 0 N–H and O–H groups in total. The van der Waals surface area contributed by atoms with Crippen molar-refractivity contribution in [2.45, 2.75) is 77.0 Å². The Labute approximate surface area is 253 Å². The quantitative estimate of drug-likeness (QED) is 0.143. The predicted molar refractivity (Wildman–Crippen MR) is 164 cm³/mol. The number of amides is 1. The minimum Gasteiger partial charge on any atom is -0.461 e. The maximum Gasteiger partial charge on any atom is 0.410 e. The summed E-state index contributed by atoms with van der Waals surface area (Å²) >= 11 is 6.38. The Morgan fingerprint density at radius 2 is 1.76 bits per heavy atom. The van der Waals surface area contributed by atoms with E-state index in [2.05, 4.69) is 24.7 Å². The van der Waals surface area contributed by atoms with E-state index in [1.54, 1.807) is 40.0 Å². The van der Waals surface area contributed by atoms with Gasteiger partial charge in [0.25, 0.3) is 0 Å². The summed E-state index contributed by atoms with van der Waals surface area (Å²) in [5.74, 6) is -0.901. The molecule has 0 aliphatic carbocycles. The van der Waals surface area contributed by atoms with Gasteiger partial charge in [-0.1, -0.05) is 43.4 Å². The summed E-state index contributed by atoms with van der Waals surface area (Å²) < 4.78 is 32.8. The molecule has 1 saturated heterocycles. The third kappa shape index (κ3) is 8.32. The van der Waals surface area contributed by atoms with E-state index in [1.807, 2.05) is 20.8 Å². The van der Waals surface area contributed by atoms with Gasteiger partial charge in [0.2, 0.25) is 0 Å². The number of aromatic nitrogens is 2. The summed E-state index contributed by atoms with van der Waals surface area (Å²) in [6, 6.07) is 10.6. The zero-order chi connectivity index (χ0) is 30.7. The SMILES string of the molecule is CC(C)(C)OC(=O)N1CCC(COC(=O)c2cc(Cl)cc3cn(COCC[Si](C)(C)C)nc23)(c2ccc(F)cc2)CC1. The molecule has 228 valence electrons. The molecule has 11 heteroatoms. The maximum atomic E-state index is 13.8. The van der Waals surface area contributed by atoms with Crippen molar-refractivity contribution >= 4 is 42.6 Å². The van der Waals surface area contributed by atoms with Gasteiger partial charge in [0.05, 0.1) is 5.56 Å². The first-order valence-electron chi connectivity index (χ1n) is 14.3. The van der Waals surface area contributed by atoms with Crippen molar-refractivity contribution in [2.75, 3.05) is 26.3 Å². The van der Waals surface area contributed by atoms with Crippen molar-refractivity contribution < 1.29 is 28.2 Å². The number of fused-ring (bicyclic) bond motifs is 1. The number of likely N-dealkylation sites (tertiary alicyclic amines) is 1. The highest BCUT2D eigenvalue weighted by atomic mass is 35.5. The molecular weight excluding hydrogens is 577 g/mol. The van der Waals surface area contributed by atoms with Crippen LogP contribution in [0.4, 0.5) is 9.18 Å². The summed E-state index contributed by atoms with van der Waals surface area (Å²) in [4.78, 5) is 27.8. The van der Waals surface area contributed by atoms with Gasteiger partial charge < -0.3 is 19.1 Å². The van der Waals surface area contributed by atoms with Crippen LogP contribution in [0.25, 0.3) is 10.9 Å². The predicted octanol–water partition coefficient (Wildman–Crippen LogP) is 7.27. The molecule has 0 bridgehead atoms. The zero-order valence-corrected chi connectivity index (χ0v) is 27.1. The summed E-state index contributed by atoms with van der Waals surface area (Å²) in [6.45, 7) is 14.2. The molecule has 0 radical (unpaired) electrons. The number of carbonyl (C=O) groups excluding carboxylic acids is 2. The van der Waals surface area contributed by atoms with Crippen LogP contribution in [0.2, 0.25) is 30.7 Å². The van der Waals surface area contributed by atoms with Crippen LogP contribution in [0.3, 0.4) is 0 Å². The Morgan fingerprint density at radius 1 is 1.10 bits per heavy atom. The van der Waals surface area contributed by atoms with E-state index < -0.39 is 25.1 Å². The second-order valence-corrected chi connectivity index (χ2v) is 19.3. The number of piperidine rings is 1. The smallest absolute Gasteiger partial charge is 0.410 e. The lowest BCUT2D eigenvalue weighted by Gasteiger charge is -2.42. The molecule has 42 heavy (non-hydrogen) atoms. The van der Waals surface area contributed by atoms with Crippen molar-refractivity contribution in [2.24, 2.45) is 0 Å². The first kappa shape index (κ1) is 32.0. The number of hydrogen-bond donors (Lipinski definition) is 0. The molecule has 1 aliphatic rings. The monoisotopic (exact) mass is 617 g/mol. The van der Waals surface area contributed by atoms with Crippen LogP contribution < -0.4 is 0 Å². The number of benzene rings is 2. The van der Waals surface area contributed by atoms with Crippen molar-refractivity contribution in [1.29, 1.82) is 0 Å². The van der Waals surface area contributed by atoms with E-state index in [0.717, 1.165) is 11.6 Å². The van der Waals surface area contributed by atoms with Crippen LogP contribution in [0.15, 0.2) is 42.6 Å². The lowest BCUT2D eigenvalue weighted by molar-refractivity contribution is 0.00613. The molecule has 0 saturated carbocycles. The number of hydrogen-bond acceptors (Lipinski definition) is 6. The molecule has 1 fully saturated rings. The topological polar surface area (TPSA) is 82.9 Å². The molecule has 1 aromatic heterocycles. The summed E-state index contributed by atoms with van der Waals surface area (Å²) in [5.41, 5.74) is 0.375. The van der Waals surface area contributed by atoms with Gasteiger partial charge in [-0.3, -0.25) is 0 Å². The largest absolute Gasteiger partial charge is 0.461 e. The Kier molecular flexibility index (Phi) is 9.69. The van der Waals surface area contributed by atoms with Crippen molar-refractivity contribution in [1.82, 2.24) is 14.7 Å². The Bertz CT molecular complexity index is 1410. The van der Waals surface area contributed by atoms with E-state index in [1.165, 1.54) is 12.1 Å². The lowest BCUT2D eigenvalue weighted by atomic mass is 9.73. The fourth-order valence-corrected chi connectivity index (χ4v) is 5.93. The minimum atomic E-state index is -1.21. The standard InChI is InChI=1S/C31H41ClFN3O5Si/c1-30(2,3)41-29(38)35-13-11-31(12-14-35,23-7-9-25(33)10-8-23)20-40-28(37)26-18-24(32)17-22-19-36(34-27(22)26)21-39-15-16-42(4,5)6/h7-10,17-19H,11-16,20-21H2,1-6H3. The van der Waals surface area contributed by atoms with Crippen LogP contribution in [0.5, 0.6) is 0 Å². The van der Waals surface area contributed by atoms with Gasteiger partial charge in [0.1, 0.15) is 30.3 Å². The number of ether oxygens (including phenoxy) is 3. The first-order chi connectivity index (χ1) is 19.6. The molecule has 8 nitrogen and oxygen atoms in total. The molecule has 2 aromatic carbocycles. The fraction of sp³-hybridized carbons (Fsp3) is 0.516. The molecule has 3 aromatic rings. The van der Waals surface area contributed by atoms with Gasteiger partial charge in [0.15, 0.2) is 0 Å². The molecule has 2 heterocycles. The normalized spacial score (nSPS) is 15.6. The molecule has 1 aliphatic heterocycles.